The molecular weight excluding hydrogens is 290 g/mol. The Morgan fingerprint density at radius 2 is 1.91 bits per heavy atom. The van der Waals surface area contributed by atoms with Gasteiger partial charge in [-0.05, 0) is 30.3 Å². The van der Waals surface area contributed by atoms with Crippen LogP contribution in [-0.2, 0) is 0 Å². The van der Waals surface area contributed by atoms with Gasteiger partial charge in [-0.3, -0.25) is 4.98 Å². The molecule has 23 heavy (non-hydrogen) atoms. The van der Waals surface area contributed by atoms with E-state index in [9.17, 15) is 0 Å². The van der Waals surface area contributed by atoms with Gasteiger partial charge in [0.05, 0.1) is 0 Å². The zero-order valence-electron chi connectivity index (χ0n) is 12.6. The van der Waals surface area contributed by atoms with E-state index < -0.39 is 0 Å². The minimum atomic E-state index is 0.529. The second kappa shape index (κ2) is 6.18. The van der Waals surface area contributed by atoms with E-state index in [4.69, 9.17) is 4.52 Å². The lowest BCUT2D eigenvalue weighted by Gasteiger charge is -2.29. The molecule has 0 amide bonds. The molecule has 0 unspecified atom stereocenters. The van der Waals surface area contributed by atoms with Gasteiger partial charge in [0.25, 0.3) is 5.89 Å². The number of hydrogen-bond donors (Lipinski definition) is 1. The van der Waals surface area contributed by atoms with Crippen LogP contribution in [0.2, 0.25) is 0 Å². The van der Waals surface area contributed by atoms with Crippen LogP contribution in [0, 0.1) is 0 Å². The highest BCUT2D eigenvalue weighted by Crippen LogP contribution is 2.25. The van der Waals surface area contributed by atoms with Crippen molar-refractivity contribution < 1.29 is 4.52 Å². The van der Waals surface area contributed by atoms with Crippen molar-refractivity contribution in [2.75, 3.05) is 31.1 Å². The van der Waals surface area contributed by atoms with Gasteiger partial charge in [0.15, 0.2) is 0 Å². The molecule has 1 fully saturated rings. The van der Waals surface area contributed by atoms with Crippen molar-refractivity contribution in [3.63, 3.8) is 0 Å². The van der Waals surface area contributed by atoms with Crippen molar-refractivity contribution in [2.24, 2.45) is 0 Å². The Hall–Kier alpha value is -2.73. The highest BCUT2D eigenvalue weighted by molar-refractivity contribution is 5.64. The molecule has 1 aromatic carbocycles. The standard InChI is InChI=1S/C17H17N5O/c1-3-13(11-15(5-1)22-9-7-18-8-10-22)17-20-16(21-23-17)14-4-2-6-19-12-14/h1-6,11-12,18H,7-10H2. The molecule has 0 bridgehead atoms. The van der Waals surface area contributed by atoms with Crippen LogP contribution in [-0.4, -0.2) is 41.3 Å². The lowest BCUT2D eigenvalue weighted by atomic mass is 10.1. The zero-order valence-corrected chi connectivity index (χ0v) is 12.6. The van der Waals surface area contributed by atoms with Crippen molar-refractivity contribution in [3.8, 4) is 22.8 Å². The molecule has 6 heteroatoms. The molecule has 6 nitrogen and oxygen atoms in total. The van der Waals surface area contributed by atoms with Gasteiger partial charge in [0, 0.05) is 55.4 Å². The SMILES string of the molecule is c1cncc(-c2noc(-c3cccc(N4CCNCC4)c3)n2)c1. The lowest BCUT2D eigenvalue weighted by molar-refractivity contribution is 0.432. The normalized spacial score (nSPS) is 14.9. The molecule has 1 saturated heterocycles. The third-order valence-electron chi connectivity index (χ3n) is 3.92. The molecule has 2 aromatic heterocycles. The summed E-state index contributed by atoms with van der Waals surface area (Å²) in [5.74, 6) is 1.08. The van der Waals surface area contributed by atoms with E-state index in [1.54, 1.807) is 12.4 Å². The Morgan fingerprint density at radius 1 is 1.04 bits per heavy atom. The molecule has 0 saturated carbocycles. The van der Waals surface area contributed by atoms with E-state index in [0.29, 0.717) is 11.7 Å². The van der Waals surface area contributed by atoms with Crippen LogP contribution in [0.5, 0.6) is 0 Å². The smallest absolute Gasteiger partial charge is 0.258 e. The van der Waals surface area contributed by atoms with Crippen molar-refractivity contribution in [3.05, 3.63) is 48.8 Å². The molecule has 0 spiro atoms. The first kappa shape index (κ1) is 13.9. The summed E-state index contributed by atoms with van der Waals surface area (Å²) in [6, 6.07) is 12.0. The molecule has 4 rings (SSSR count). The molecule has 1 aliphatic heterocycles. The fraction of sp³-hybridized carbons (Fsp3) is 0.235. The lowest BCUT2D eigenvalue weighted by Crippen LogP contribution is -2.43. The predicted molar refractivity (Wildman–Crippen MR) is 88.0 cm³/mol. The fourth-order valence-corrected chi connectivity index (χ4v) is 2.71. The highest BCUT2D eigenvalue weighted by atomic mass is 16.5. The monoisotopic (exact) mass is 307 g/mol. The molecule has 0 aliphatic carbocycles. The van der Waals surface area contributed by atoms with Gasteiger partial charge in [0.1, 0.15) is 0 Å². The summed E-state index contributed by atoms with van der Waals surface area (Å²) in [7, 11) is 0. The molecule has 0 radical (unpaired) electrons. The maximum atomic E-state index is 5.43. The molecule has 0 atom stereocenters. The number of nitrogens with one attached hydrogen (secondary N) is 1. The summed E-state index contributed by atoms with van der Waals surface area (Å²) >= 11 is 0. The maximum absolute atomic E-state index is 5.43. The zero-order chi connectivity index (χ0) is 15.5. The summed E-state index contributed by atoms with van der Waals surface area (Å²) in [6.07, 6.45) is 3.45. The average molecular weight is 307 g/mol. The Labute approximate surface area is 134 Å². The third kappa shape index (κ3) is 2.93. The first-order valence-corrected chi connectivity index (χ1v) is 7.70. The van der Waals surface area contributed by atoms with Crippen LogP contribution in [0.4, 0.5) is 5.69 Å². The molecule has 116 valence electrons. The summed E-state index contributed by atoms with van der Waals surface area (Å²) in [6.45, 7) is 4.04. The summed E-state index contributed by atoms with van der Waals surface area (Å²) in [5.41, 5.74) is 2.97. The summed E-state index contributed by atoms with van der Waals surface area (Å²) in [4.78, 5) is 10.9. The number of piperazine rings is 1. The minimum absolute atomic E-state index is 0.529. The van der Waals surface area contributed by atoms with Gasteiger partial charge in [-0.1, -0.05) is 11.2 Å². The average Bonchev–Trinajstić information content (AvgIpc) is 3.14. The number of hydrogen-bond acceptors (Lipinski definition) is 6. The second-order valence-corrected chi connectivity index (χ2v) is 5.45. The van der Waals surface area contributed by atoms with E-state index in [0.717, 1.165) is 37.3 Å². The number of benzene rings is 1. The van der Waals surface area contributed by atoms with Gasteiger partial charge in [-0.15, -0.1) is 0 Å². The van der Waals surface area contributed by atoms with E-state index in [1.165, 1.54) is 5.69 Å². The fourth-order valence-electron chi connectivity index (χ4n) is 2.71. The Morgan fingerprint density at radius 3 is 2.74 bits per heavy atom. The number of anilines is 1. The van der Waals surface area contributed by atoms with Crippen LogP contribution in [0.15, 0.2) is 53.3 Å². The molecule has 1 N–H and O–H groups in total. The van der Waals surface area contributed by atoms with Crippen LogP contribution >= 0.6 is 0 Å². The van der Waals surface area contributed by atoms with Crippen LogP contribution in [0.3, 0.4) is 0 Å². The van der Waals surface area contributed by atoms with E-state index in [-0.39, 0.29) is 0 Å². The predicted octanol–water partition coefficient (Wildman–Crippen LogP) is 2.21. The van der Waals surface area contributed by atoms with Crippen molar-refractivity contribution in [2.45, 2.75) is 0 Å². The maximum Gasteiger partial charge on any atom is 0.258 e. The highest BCUT2D eigenvalue weighted by Gasteiger charge is 2.14. The molecule has 3 aromatic rings. The Kier molecular flexibility index (Phi) is 3.73. The first-order chi connectivity index (χ1) is 11.4. The minimum Gasteiger partial charge on any atom is -0.369 e. The van der Waals surface area contributed by atoms with Crippen LogP contribution < -0.4 is 10.2 Å². The summed E-state index contributed by atoms with van der Waals surface area (Å²) < 4.78 is 5.43. The largest absolute Gasteiger partial charge is 0.369 e. The number of nitrogens with zero attached hydrogens (tertiary/aromatic N) is 4. The van der Waals surface area contributed by atoms with Crippen molar-refractivity contribution in [1.82, 2.24) is 20.4 Å². The second-order valence-electron chi connectivity index (χ2n) is 5.45. The van der Waals surface area contributed by atoms with E-state index >= 15 is 0 Å². The van der Waals surface area contributed by atoms with Crippen LogP contribution in [0.1, 0.15) is 0 Å². The number of rotatable bonds is 3. The van der Waals surface area contributed by atoms with Gasteiger partial charge in [-0.2, -0.15) is 4.98 Å². The van der Waals surface area contributed by atoms with Crippen LogP contribution in [0.25, 0.3) is 22.8 Å². The quantitative estimate of drug-likeness (QED) is 0.800. The van der Waals surface area contributed by atoms with E-state index in [1.807, 2.05) is 24.3 Å². The number of aromatic nitrogens is 3. The van der Waals surface area contributed by atoms with Crippen molar-refractivity contribution in [1.29, 1.82) is 0 Å². The molecular formula is C17H17N5O. The van der Waals surface area contributed by atoms with Gasteiger partial charge in [-0.25, -0.2) is 0 Å². The number of pyridine rings is 1. The van der Waals surface area contributed by atoms with E-state index in [2.05, 4.69) is 37.5 Å². The van der Waals surface area contributed by atoms with Crippen molar-refractivity contribution >= 4 is 5.69 Å². The summed E-state index contributed by atoms with van der Waals surface area (Å²) in [5, 5.41) is 7.42. The topological polar surface area (TPSA) is 67.1 Å². The Balaban J connectivity index is 1.62. The Bertz CT molecular complexity index is 780. The van der Waals surface area contributed by atoms with Gasteiger partial charge >= 0.3 is 0 Å². The molecule has 1 aliphatic rings. The van der Waals surface area contributed by atoms with Gasteiger partial charge < -0.3 is 14.7 Å². The third-order valence-corrected chi connectivity index (χ3v) is 3.92. The first-order valence-electron chi connectivity index (χ1n) is 7.70. The molecule has 3 heterocycles. The van der Waals surface area contributed by atoms with Gasteiger partial charge in [0.2, 0.25) is 5.82 Å².